The number of hydrogen-bond acceptors (Lipinski definition) is 4. The van der Waals surface area contributed by atoms with E-state index in [-0.39, 0.29) is 5.91 Å². The van der Waals surface area contributed by atoms with Gasteiger partial charge in [-0.3, -0.25) is 9.69 Å². The highest BCUT2D eigenvalue weighted by Gasteiger charge is 2.28. The Kier molecular flexibility index (Phi) is 7.48. The summed E-state index contributed by atoms with van der Waals surface area (Å²) in [5.74, 6) is 0.891. The van der Waals surface area contributed by atoms with Crippen molar-refractivity contribution in [2.45, 2.75) is 50.3 Å². The number of aryl methyl sites for hydroxylation is 1. The number of benzene rings is 1. The molecule has 0 bridgehead atoms. The molecule has 156 valence electrons. The van der Waals surface area contributed by atoms with Crippen LogP contribution in [0.1, 0.15) is 44.1 Å². The maximum atomic E-state index is 12.7. The molecule has 0 unspecified atom stereocenters. The van der Waals surface area contributed by atoms with Crippen molar-refractivity contribution in [3.05, 3.63) is 29.8 Å². The molecule has 7 heteroatoms. The number of hydrogen-bond donors (Lipinski definition) is 1. The molecule has 1 aliphatic carbocycles. The van der Waals surface area contributed by atoms with Crippen LogP contribution in [0.15, 0.2) is 29.2 Å². The third-order valence-corrected chi connectivity index (χ3v) is 7.91. The smallest absolute Gasteiger partial charge is 0.243 e. The number of nitrogens with one attached hydrogen (secondary N) is 1. The zero-order valence-corrected chi connectivity index (χ0v) is 17.7. The Bertz CT molecular complexity index is 735. The van der Waals surface area contributed by atoms with Gasteiger partial charge < -0.3 is 5.32 Å². The van der Waals surface area contributed by atoms with Gasteiger partial charge in [0.05, 0.1) is 4.90 Å². The fourth-order valence-corrected chi connectivity index (χ4v) is 5.55. The lowest BCUT2D eigenvalue weighted by molar-refractivity contribution is -0.121. The molecule has 1 heterocycles. The van der Waals surface area contributed by atoms with Crippen LogP contribution >= 0.6 is 0 Å². The molecule has 1 amide bonds. The van der Waals surface area contributed by atoms with E-state index in [2.05, 4.69) is 10.2 Å². The topological polar surface area (TPSA) is 69.7 Å². The van der Waals surface area contributed by atoms with Crippen molar-refractivity contribution in [1.29, 1.82) is 0 Å². The van der Waals surface area contributed by atoms with Gasteiger partial charge in [-0.05, 0) is 31.4 Å². The predicted molar refractivity (Wildman–Crippen MR) is 111 cm³/mol. The Morgan fingerprint density at radius 3 is 2.36 bits per heavy atom. The summed E-state index contributed by atoms with van der Waals surface area (Å²) in [5, 5.41) is 3.01. The average molecular weight is 408 g/mol. The summed E-state index contributed by atoms with van der Waals surface area (Å²) >= 11 is 0. The minimum atomic E-state index is -3.41. The fraction of sp³-hybridized carbons (Fsp3) is 0.667. The van der Waals surface area contributed by atoms with Crippen LogP contribution in [-0.4, -0.2) is 62.8 Å². The van der Waals surface area contributed by atoms with E-state index in [1.165, 1.54) is 25.7 Å². The summed E-state index contributed by atoms with van der Waals surface area (Å²) in [6.45, 7) is 5.73. The molecule has 1 N–H and O–H groups in total. The van der Waals surface area contributed by atoms with E-state index in [1.54, 1.807) is 16.4 Å². The maximum absolute atomic E-state index is 12.7. The van der Waals surface area contributed by atoms with Crippen LogP contribution in [0.25, 0.3) is 0 Å². The number of sulfonamides is 1. The van der Waals surface area contributed by atoms with Crippen molar-refractivity contribution in [3.8, 4) is 0 Å². The lowest BCUT2D eigenvalue weighted by atomic mass is 10.0. The summed E-state index contributed by atoms with van der Waals surface area (Å²) in [6, 6.07) is 7.02. The van der Waals surface area contributed by atoms with Crippen molar-refractivity contribution < 1.29 is 13.2 Å². The molecule has 2 fully saturated rings. The van der Waals surface area contributed by atoms with Crippen molar-refractivity contribution in [3.63, 3.8) is 0 Å². The van der Waals surface area contributed by atoms with E-state index >= 15 is 0 Å². The molecule has 2 aliphatic rings. The standard InChI is InChI=1S/C21H33N3O3S/c1-18-6-9-20(10-7-18)28(26,27)24-16-14-23(15-17-24)13-12-22-21(25)11-8-19-4-2-3-5-19/h6-7,9-10,19H,2-5,8,11-17H2,1H3,(H,22,25). The van der Waals surface area contributed by atoms with E-state index in [9.17, 15) is 13.2 Å². The molecule has 28 heavy (non-hydrogen) atoms. The lowest BCUT2D eigenvalue weighted by Gasteiger charge is -2.34. The molecular weight excluding hydrogens is 374 g/mol. The molecule has 1 saturated heterocycles. The molecule has 6 nitrogen and oxygen atoms in total. The molecular formula is C21H33N3O3S. The quantitative estimate of drug-likeness (QED) is 0.718. The summed E-state index contributed by atoms with van der Waals surface area (Å²) in [6.07, 6.45) is 6.84. The van der Waals surface area contributed by atoms with Gasteiger partial charge in [0.25, 0.3) is 0 Å². The SMILES string of the molecule is Cc1ccc(S(=O)(=O)N2CCN(CCNC(=O)CCC3CCCC3)CC2)cc1. The van der Waals surface area contributed by atoms with Gasteiger partial charge in [-0.15, -0.1) is 0 Å². The highest BCUT2D eigenvalue weighted by molar-refractivity contribution is 7.89. The lowest BCUT2D eigenvalue weighted by Crippen LogP contribution is -2.50. The van der Waals surface area contributed by atoms with E-state index in [0.717, 1.165) is 24.4 Å². The molecule has 1 aliphatic heterocycles. The molecule has 0 radical (unpaired) electrons. The fourth-order valence-electron chi connectivity index (χ4n) is 4.13. The maximum Gasteiger partial charge on any atom is 0.243 e. The molecule has 0 spiro atoms. The third kappa shape index (κ3) is 5.78. The van der Waals surface area contributed by atoms with Gasteiger partial charge in [-0.1, -0.05) is 43.4 Å². The van der Waals surface area contributed by atoms with Gasteiger partial charge in [0.1, 0.15) is 0 Å². The average Bonchev–Trinajstić information content (AvgIpc) is 3.21. The Labute approximate surface area is 169 Å². The minimum absolute atomic E-state index is 0.146. The molecule has 0 atom stereocenters. The zero-order valence-electron chi connectivity index (χ0n) is 16.9. The van der Waals surface area contributed by atoms with Crippen molar-refractivity contribution >= 4 is 15.9 Å². The molecule has 1 aromatic rings. The van der Waals surface area contributed by atoms with Gasteiger partial charge in [0.15, 0.2) is 0 Å². The first-order chi connectivity index (χ1) is 13.4. The number of amides is 1. The second-order valence-electron chi connectivity index (χ2n) is 8.10. The van der Waals surface area contributed by atoms with Crippen LogP contribution in [0, 0.1) is 12.8 Å². The highest BCUT2D eigenvalue weighted by atomic mass is 32.2. The van der Waals surface area contributed by atoms with Gasteiger partial charge in [-0.25, -0.2) is 8.42 Å². The van der Waals surface area contributed by atoms with Crippen molar-refractivity contribution in [2.24, 2.45) is 5.92 Å². The van der Waals surface area contributed by atoms with Gasteiger partial charge in [0.2, 0.25) is 15.9 Å². The first kappa shape index (κ1) is 21.3. The molecule has 3 rings (SSSR count). The Morgan fingerprint density at radius 1 is 1.07 bits per heavy atom. The third-order valence-electron chi connectivity index (χ3n) is 5.99. The number of nitrogens with zero attached hydrogens (tertiary/aromatic N) is 2. The second kappa shape index (κ2) is 9.85. The Balaban J connectivity index is 1.35. The zero-order chi connectivity index (χ0) is 20.0. The summed E-state index contributed by atoms with van der Waals surface area (Å²) in [5.41, 5.74) is 1.05. The van der Waals surface area contributed by atoms with E-state index in [0.29, 0.717) is 44.0 Å². The van der Waals surface area contributed by atoms with Gasteiger partial charge in [0, 0.05) is 45.7 Å². The minimum Gasteiger partial charge on any atom is -0.355 e. The molecule has 1 saturated carbocycles. The monoisotopic (exact) mass is 407 g/mol. The molecule has 0 aromatic heterocycles. The Hall–Kier alpha value is -1.44. The van der Waals surface area contributed by atoms with Gasteiger partial charge >= 0.3 is 0 Å². The van der Waals surface area contributed by atoms with E-state index in [4.69, 9.17) is 0 Å². The summed E-state index contributed by atoms with van der Waals surface area (Å²) < 4.78 is 27.0. The highest BCUT2D eigenvalue weighted by Crippen LogP contribution is 2.28. The first-order valence-electron chi connectivity index (χ1n) is 10.5. The van der Waals surface area contributed by atoms with Crippen LogP contribution in [0.4, 0.5) is 0 Å². The predicted octanol–water partition coefficient (Wildman–Crippen LogP) is 2.39. The molecule has 1 aromatic carbocycles. The first-order valence-corrected chi connectivity index (χ1v) is 11.9. The van der Waals surface area contributed by atoms with Crippen LogP contribution in [0.3, 0.4) is 0 Å². The summed E-state index contributed by atoms with van der Waals surface area (Å²) in [4.78, 5) is 14.6. The van der Waals surface area contributed by atoms with E-state index in [1.807, 2.05) is 19.1 Å². The van der Waals surface area contributed by atoms with Crippen LogP contribution in [0.2, 0.25) is 0 Å². The van der Waals surface area contributed by atoms with Crippen molar-refractivity contribution in [2.75, 3.05) is 39.3 Å². The van der Waals surface area contributed by atoms with E-state index < -0.39 is 10.0 Å². The van der Waals surface area contributed by atoms with Crippen LogP contribution in [0.5, 0.6) is 0 Å². The summed E-state index contributed by atoms with van der Waals surface area (Å²) in [7, 11) is -3.41. The normalized spacial score (nSPS) is 19.8. The van der Waals surface area contributed by atoms with Crippen molar-refractivity contribution in [1.82, 2.24) is 14.5 Å². The number of rotatable bonds is 8. The number of carbonyl (C=O) groups excluding carboxylic acids is 1. The Morgan fingerprint density at radius 2 is 1.71 bits per heavy atom. The number of carbonyl (C=O) groups is 1. The largest absolute Gasteiger partial charge is 0.355 e. The van der Waals surface area contributed by atoms with Crippen LogP contribution in [-0.2, 0) is 14.8 Å². The second-order valence-corrected chi connectivity index (χ2v) is 10.0. The number of piperazine rings is 1. The van der Waals surface area contributed by atoms with Gasteiger partial charge in [-0.2, -0.15) is 4.31 Å². The van der Waals surface area contributed by atoms with Crippen LogP contribution < -0.4 is 5.32 Å².